The third-order valence-corrected chi connectivity index (χ3v) is 1.51. The molecule has 1 unspecified atom stereocenters. The molecular weight excluding hydrogens is 114 g/mol. The summed E-state index contributed by atoms with van der Waals surface area (Å²) in [7, 11) is 1.62. The minimum atomic E-state index is -0.283. The largest absolute Gasteiger partial charge is 0.383 e. The Kier molecular flexibility index (Phi) is 3.26. The standard InChI is InChI=1S/C7H13NO/c1-4-7(2,5-8)6-9-3/h4,6H2,1-3H3. The van der Waals surface area contributed by atoms with Gasteiger partial charge in [0.25, 0.3) is 0 Å². The van der Waals surface area contributed by atoms with Crippen LogP contribution in [0.2, 0.25) is 0 Å². The van der Waals surface area contributed by atoms with Gasteiger partial charge in [0.15, 0.2) is 0 Å². The first-order valence-corrected chi connectivity index (χ1v) is 3.08. The third-order valence-electron chi connectivity index (χ3n) is 1.51. The second-order valence-electron chi connectivity index (χ2n) is 2.46. The number of methoxy groups -OCH3 is 1. The van der Waals surface area contributed by atoms with Crippen LogP contribution in [0.3, 0.4) is 0 Å². The normalized spacial score (nSPS) is 16.2. The summed E-state index contributed by atoms with van der Waals surface area (Å²) in [5, 5.41) is 8.59. The molecule has 0 saturated heterocycles. The molecule has 0 spiro atoms. The molecule has 0 aromatic heterocycles. The van der Waals surface area contributed by atoms with Gasteiger partial charge in [0.1, 0.15) is 0 Å². The summed E-state index contributed by atoms with van der Waals surface area (Å²) in [4.78, 5) is 0. The zero-order valence-corrected chi connectivity index (χ0v) is 6.27. The number of nitrogens with zero attached hydrogens (tertiary/aromatic N) is 1. The fourth-order valence-electron chi connectivity index (χ4n) is 0.532. The number of nitriles is 1. The van der Waals surface area contributed by atoms with E-state index in [-0.39, 0.29) is 5.41 Å². The van der Waals surface area contributed by atoms with E-state index in [1.165, 1.54) is 0 Å². The van der Waals surface area contributed by atoms with Gasteiger partial charge in [-0.15, -0.1) is 0 Å². The maximum absolute atomic E-state index is 8.59. The molecule has 2 heteroatoms. The Balaban J connectivity index is 3.81. The van der Waals surface area contributed by atoms with Crippen LogP contribution in [-0.4, -0.2) is 13.7 Å². The predicted octanol–water partition coefficient (Wildman–Crippen LogP) is 1.57. The molecule has 9 heavy (non-hydrogen) atoms. The topological polar surface area (TPSA) is 33.0 Å². The van der Waals surface area contributed by atoms with Gasteiger partial charge in [0, 0.05) is 7.11 Å². The molecule has 1 atom stereocenters. The maximum atomic E-state index is 8.59. The van der Waals surface area contributed by atoms with E-state index in [0.29, 0.717) is 6.61 Å². The molecule has 0 aliphatic carbocycles. The lowest BCUT2D eigenvalue weighted by Crippen LogP contribution is -2.18. The molecule has 0 radical (unpaired) electrons. The van der Waals surface area contributed by atoms with E-state index < -0.39 is 0 Å². The van der Waals surface area contributed by atoms with Gasteiger partial charge in [-0.1, -0.05) is 6.92 Å². The van der Waals surface area contributed by atoms with Crippen LogP contribution in [0.25, 0.3) is 0 Å². The zero-order chi connectivity index (χ0) is 7.33. The summed E-state index contributed by atoms with van der Waals surface area (Å²) in [5.74, 6) is 0. The van der Waals surface area contributed by atoms with Crippen LogP contribution in [0, 0.1) is 16.7 Å². The predicted molar refractivity (Wildman–Crippen MR) is 35.9 cm³/mol. The molecule has 0 aromatic carbocycles. The van der Waals surface area contributed by atoms with E-state index in [1.54, 1.807) is 7.11 Å². The van der Waals surface area contributed by atoms with E-state index in [2.05, 4.69) is 6.07 Å². The van der Waals surface area contributed by atoms with Gasteiger partial charge >= 0.3 is 0 Å². The van der Waals surface area contributed by atoms with Gasteiger partial charge in [-0.3, -0.25) is 0 Å². The Morgan fingerprint density at radius 3 is 2.33 bits per heavy atom. The van der Waals surface area contributed by atoms with Crippen LogP contribution >= 0.6 is 0 Å². The van der Waals surface area contributed by atoms with Crippen LogP contribution in [0.1, 0.15) is 20.3 Å². The Labute approximate surface area is 56.4 Å². The van der Waals surface area contributed by atoms with Crippen LogP contribution in [0.15, 0.2) is 0 Å². The summed E-state index contributed by atoms with van der Waals surface area (Å²) < 4.78 is 4.87. The van der Waals surface area contributed by atoms with Gasteiger partial charge in [-0.2, -0.15) is 5.26 Å². The highest BCUT2D eigenvalue weighted by molar-refractivity contribution is 4.94. The van der Waals surface area contributed by atoms with Gasteiger partial charge in [-0.25, -0.2) is 0 Å². The molecule has 0 heterocycles. The van der Waals surface area contributed by atoms with Crippen LogP contribution in [-0.2, 0) is 4.74 Å². The smallest absolute Gasteiger partial charge is 0.0776 e. The van der Waals surface area contributed by atoms with E-state index in [1.807, 2.05) is 13.8 Å². The summed E-state index contributed by atoms with van der Waals surface area (Å²) >= 11 is 0. The molecule has 0 rings (SSSR count). The first-order chi connectivity index (χ1) is 4.18. The fraction of sp³-hybridized carbons (Fsp3) is 0.857. The van der Waals surface area contributed by atoms with Gasteiger partial charge in [0.05, 0.1) is 18.1 Å². The van der Waals surface area contributed by atoms with Crippen molar-refractivity contribution < 1.29 is 4.74 Å². The summed E-state index contributed by atoms with van der Waals surface area (Å²) in [5.41, 5.74) is -0.283. The lowest BCUT2D eigenvalue weighted by molar-refractivity contribution is 0.124. The van der Waals surface area contributed by atoms with E-state index in [4.69, 9.17) is 10.00 Å². The van der Waals surface area contributed by atoms with E-state index in [9.17, 15) is 0 Å². The van der Waals surface area contributed by atoms with Gasteiger partial charge < -0.3 is 4.74 Å². The molecule has 0 saturated carbocycles. The average Bonchev–Trinajstić information content (AvgIpc) is 1.89. The number of hydrogen-bond acceptors (Lipinski definition) is 2. The highest BCUT2D eigenvalue weighted by atomic mass is 16.5. The van der Waals surface area contributed by atoms with Crippen LogP contribution in [0.5, 0.6) is 0 Å². The maximum Gasteiger partial charge on any atom is 0.0776 e. The van der Waals surface area contributed by atoms with Crippen molar-refractivity contribution in [2.45, 2.75) is 20.3 Å². The number of ether oxygens (including phenoxy) is 1. The van der Waals surface area contributed by atoms with Gasteiger partial charge in [-0.05, 0) is 13.3 Å². The van der Waals surface area contributed by atoms with Crippen LogP contribution < -0.4 is 0 Å². The van der Waals surface area contributed by atoms with Crippen molar-refractivity contribution in [1.82, 2.24) is 0 Å². The Bertz CT molecular complexity index is 117. The van der Waals surface area contributed by atoms with Crippen molar-refractivity contribution in [1.29, 1.82) is 5.26 Å². The van der Waals surface area contributed by atoms with Crippen molar-refractivity contribution in [2.75, 3.05) is 13.7 Å². The lowest BCUT2D eigenvalue weighted by atomic mass is 9.91. The highest BCUT2D eigenvalue weighted by Gasteiger charge is 2.20. The second-order valence-corrected chi connectivity index (χ2v) is 2.46. The van der Waals surface area contributed by atoms with Crippen molar-refractivity contribution in [3.63, 3.8) is 0 Å². The number of hydrogen-bond donors (Lipinski definition) is 0. The molecule has 52 valence electrons. The van der Waals surface area contributed by atoms with Crippen molar-refractivity contribution in [2.24, 2.45) is 5.41 Å². The molecule has 0 bridgehead atoms. The Morgan fingerprint density at radius 1 is 1.67 bits per heavy atom. The molecular formula is C7H13NO. The minimum absolute atomic E-state index is 0.283. The SMILES string of the molecule is CCC(C)(C#N)COC. The summed E-state index contributed by atoms with van der Waals surface area (Å²) in [6, 6.07) is 2.20. The molecule has 0 amide bonds. The third kappa shape index (κ3) is 2.48. The molecule has 0 fully saturated rings. The van der Waals surface area contributed by atoms with E-state index >= 15 is 0 Å². The Hall–Kier alpha value is -0.550. The molecule has 0 aliphatic rings. The summed E-state index contributed by atoms with van der Waals surface area (Å²) in [6.07, 6.45) is 0.845. The molecule has 2 nitrogen and oxygen atoms in total. The van der Waals surface area contributed by atoms with Crippen molar-refractivity contribution in [3.05, 3.63) is 0 Å². The zero-order valence-electron chi connectivity index (χ0n) is 6.27. The first-order valence-electron chi connectivity index (χ1n) is 3.08. The molecule has 0 N–H and O–H groups in total. The lowest BCUT2D eigenvalue weighted by Gasteiger charge is -2.16. The minimum Gasteiger partial charge on any atom is -0.383 e. The Morgan fingerprint density at radius 2 is 2.22 bits per heavy atom. The highest BCUT2D eigenvalue weighted by Crippen LogP contribution is 2.18. The quantitative estimate of drug-likeness (QED) is 0.576. The van der Waals surface area contributed by atoms with Crippen LogP contribution in [0.4, 0.5) is 0 Å². The number of rotatable bonds is 3. The molecule has 0 aromatic rings. The monoisotopic (exact) mass is 127 g/mol. The van der Waals surface area contributed by atoms with Crippen molar-refractivity contribution >= 4 is 0 Å². The summed E-state index contributed by atoms with van der Waals surface area (Å²) in [6.45, 7) is 4.42. The fourth-order valence-corrected chi connectivity index (χ4v) is 0.532. The van der Waals surface area contributed by atoms with Gasteiger partial charge in [0.2, 0.25) is 0 Å². The second kappa shape index (κ2) is 3.47. The average molecular weight is 127 g/mol. The van der Waals surface area contributed by atoms with E-state index in [0.717, 1.165) is 6.42 Å². The first kappa shape index (κ1) is 8.45. The molecule has 0 aliphatic heterocycles. The van der Waals surface area contributed by atoms with Crippen molar-refractivity contribution in [3.8, 4) is 6.07 Å².